The van der Waals surface area contributed by atoms with Gasteiger partial charge in [-0.05, 0) is 25.1 Å². The Morgan fingerprint density at radius 3 is 2.64 bits per heavy atom. The number of nitrogen functional groups attached to an aromatic ring is 1. The number of carbonyl (C=O) groups excluding carboxylic acids is 1. The molecule has 0 aliphatic rings. The molecule has 0 radical (unpaired) electrons. The minimum absolute atomic E-state index is 0.149. The number of rotatable bonds is 5. The van der Waals surface area contributed by atoms with E-state index >= 15 is 0 Å². The van der Waals surface area contributed by atoms with Crippen LogP contribution in [-0.4, -0.2) is 29.7 Å². The quantitative estimate of drug-likeness (QED) is 0.500. The minimum atomic E-state index is -0.712. The number of benzene rings is 1. The molecule has 1 atom stereocenters. The fourth-order valence-electron chi connectivity index (χ4n) is 2.71. The minimum Gasteiger partial charge on any atom is -0.384 e. The van der Waals surface area contributed by atoms with Crippen LogP contribution in [0.5, 0.6) is 0 Å². The number of ketones is 1. The summed E-state index contributed by atoms with van der Waals surface area (Å²) in [6, 6.07) is 7.22. The third kappa shape index (κ3) is 3.50. The molecule has 1 aromatic carbocycles. The third-order valence-electron chi connectivity index (χ3n) is 4.30. The molecule has 0 spiro atoms. The van der Waals surface area contributed by atoms with Crippen molar-refractivity contribution < 1.29 is 4.79 Å². The molecular formula is C18H18ClN5O3S. The average Bonchev–Trinajstić information content (AvgIpc) is 3.13. The van der Waals surface area contributed by atoms with Crippen LogP contribution in [0.1, 0.15) is 17.3 Å². The molecule has 0 saturated carbocycles. The molecule has 3 rings (SSSR count). The van der Waals surface area contributed by atoms with Crippen molar-refractivity contribution in [2.45, 2.75) is 17.3 Å². The first-order valence-electron chi connectivity index (χ1n) is 8.28. The highest BCUT2D eigenvalue weighted by atomic mass is 35.5. The molecule has 146 valence electrons. The molecule has 2 aromatic heterocycles. The Hall–Kier alpha value is -2.78. The van der Waals surface area contributed by atoms with E-state index in [-0.39, 0.29) is 11.4 Å². The van der Waals surface area contributed by atoms with Gasteiger partial charge < -0.3 is 5.73 Å². The van der Waals surface area contributed by atoms with Gasteiger partial charge in [0.2, 0.25) is 0 Å². The molecule has 8 nitrogen and oxygen atoms in total. The number of carbonyl (C=O) groups is 1. The standard InChI is InChI=1S/C18H18ClN5O3S/c1-10(14(25)13-15(20)22(2)18(27)23(3)16(13)26)28-17-21-7-8-24(17)12-6-4-5-11(19)9-12/h4-10H,20H2,1-3H3. The molecule has 0 bridgehead atoms. The van der Waals surface area contributed by atoms with Gasteiger partial charge in [-0.2, -0.15) is 0 Å². The van der Waals surface area contributed by atoms with Crippen molar-refractivity contribution in [2.75, 3.05) is 5.73 Å². The number of nitrogens with zero attached hydrogens (tertiary/aromatic N) is 4. The van der Waals surface area contributed by atoms with Crippen molar-refractivity contribution >= 4 is 35.0 Å². The summed E-state index contributed by atoms with van der Waals surface area (Å²) in [6.07, 6.45) is 3.37. The lowest BCUT2D eigenvalue weighted by Gasteiger charge is -2.15. The summed E-state index contributed by atoms with van der Waals surface area (Å²) in [7, 11) is 2.72. The summed E-state index contributed by atoms with van der Waals surface area (Å²) in [5, 5.41) is 0.476. The van der Waals surface area contributed by atoms with E-state index in [1.54, 1.807) is 36.0 Å². The largest absolute Gasteiger partial charge is 0.384 e. The van der Waals surface area contributed by atoms with Crippen LogP contribution < -0.4 is 17.0 Å². The molecule has 0 amide bonds. The second-order valence-corrected chi connectivity index (χ2v) is 7.89. The molecule has 2 heterocycles. The van der Waals surface area contributed by atoms with Gasteiger partial charge in [-0.25, -0.2) is 9.78 Å². The number of halogens is 1. The lowest BCUT2D eigenvalue weighted by atomic mass is 10.1. The first-order valence-corrected chi connectivity index (χ1v) is 9.53. The molecule has 0 aliphatic carbocycles. The number of hydrogen-bond donors (Lipinski definition) is 1. The molecule has 0 fully saturated rings. The number of imidazole rings is 1. The van der Waals surface area contributed by atoms with Gasteiger partial charge in [-0.15, -0.1) is 0 Å². The highest BCUT2D eigenvalue weighted by Crippen LogP contribution is 2.27. The van der Waals surface area contributed by atoms with Crippen molar-refractivity contribution in [3.8, 4) is 5.69 Å². The van der Waals surface area contributed by atoms with Crippen molar-refractivity contribution in [2.24, 2.45) is 14.1 Å². The average molecular weight is 420 g/mol. The van der Waals surface area contributed by atoms with Crippen molar-refractivity contribution in [3.63, 3.8) is 0 Å². The predicted molar refractivity (Wildman–Crippen MR) is 110 cm³/mol. The Morgan fingerprint density at radius 2 is 1.96 bits per heavy atom. The zero-order chi connectivity index (χ0) is 20.6. The van der Waals surface area contributed by atoms with Gasteiger partial charge in [0, 0.05) is 37.2 Å². The highest BCUT2D eigenvalue weighted by molar-refractivity contribution is 8.00. The van der Waals surface area contributed by atoms with Gasteiger partial charge >= 0.3 is 5.69 Å². The van der Waals surface area contributed by atoms with E-state index in [4.69, 9.17) is 17.3 Å². The van der Waals surface area contributed by atoms with E-state index in [1.165, 1.54) is 25.9 Å². The number of aromatic nitrogens is 4. The zero-order valence-corrected chi connectivity index (χ0v) is 17.0. The summed E-state index contributed by atoms with van der Waals surface area (Å²) in [5.74, 6) is -0.622. The van der Waals surface area contributed by atoms with Crippen LogP contribution in [0.4, 0.5) is 5.82 Å². The van der Waals surface area contributed by atoms with Crippen LogP contribution in [0.25, 0.3) is 5.69 Å². The summed E-state index contributed by atoms with van der Waals surface area (Å²) < 4.78 is 3.75. The van der Waals surface area contributed by atoms with E-state index in [0.717, 1.165) is 14.8 Å². The first-order chi connectivity index (χ1) is 13.2. The van der Waals surface area contributed by atoms with E-state index in [1.807, 2.05) is 12.1 Å². The van der Waals surface area contributed by atoms with Crippen LogP contribution in [-0.2, 0) is 14.1 Å². The Kier molecular flexibility index (Phi) is 5.48. The van der Waals surface area contributed by atoms with Gasteiger partial charge in [0.05, 0.1) is 5.25 Å². The van der Waals surface area contributed by atoms with Gasteiger partial charge in [-0.1, -0.05) is 29.4 Å². The van der Waals surface area contributed by atoms with Gasteiger partial charge in [0.1, 0.15) is 11.4 Å². The molecule has 10 heteroatoms. The second kappa shape index (κ2) is 7.69. The SMILES string of the molecule is CC(Sc1nccn1-c1cccc(Cl)c1)C(=O)c1c(N)n(C)c(=O)n(C)c1=O. The lowest BCUT2D eigenvalue weighted by molar-refractivity contribution is 0.0992. The number of thioether (sulfide) groups is 1. The predicted octanol–water partition coefficient (Wildman–Crippen LogP) is 1.87. The van der Waals surface area contributed by atoms with Crippen LogP contribution in [0, 0.1) is 0 Å². The van der Waals surface area contributed by atoms with Gasteiger partial charge in [-0.3, -0.25) is 23.3 Å². The zero-order valence-electron chi connectivity index (χ0n) is 15.4. The van der Waals surface area contributed by atoms with E-state index in [2.05, 4.69) is 4.98 Å². The Morgan fingerprint density at radius 1 is 1.25 bits per heavy atom. The fraction of sp³-hybridized carbons (Fsp3) is 0.222. The van der Waals surface area contributed by atoms with E-state index < -0.39 is 22.3 Å². The molecule has 28 heavy (non-hydrogen) atoms. The molecule has 0 saturated heterocycles. The van der Waals surface area contributed by atoms with Gasteiger partial charge in [0.25, 0.3) is 5.56 Å². The Labute approximate surface area is 169 Å². The van der Waals surface area contributed by atoms with Crippen molar-refractivity contribution in [1.29, 1.82) is 0 Å². The normalized spacial score (nSPS) is 12.1. The topological polar surface area (TPSA) is 105 Å². The number of hydrogen-bond acceptors (Lipinski definition) is 6. The first kappa shape index (κ1) is 20.0. The molecule has 3 aromatic rings. The second-order valence-electron chi connectivity index (χ2n) is 6.15. The number of nitrogens with two attached hydrogens (primary N) is 1. The molecular weight excluding hydrogens is 402 g/mol. The van der Waals surface area contributed by atoms with E-state index in [0.29, 0.717) is 10.2 Å². The maximum atomic E-state index is 12.9. The van der Waals surface area contributed by atoms with Crippen LogP contribution in [0.15, 0.2) is 51.4 Å². The third-order valence-corrected chi connectivity index (χ3v) is 5.62. The highest BCUT2D eigenvalue weighted by Gasteiger charge is 2.26. The summed E-state index contributed by atoms with van der Waals surface area (Å²) in [6.45, 7) is 1.66. The number of anilines is 1. The maximum Gasteiger partial charge on any atom is 0.332 e. The summed E-state index contributed by atoms with van der Waals surface area (Å²) in [4.78, 5) is 41.6. The molecule has 1 unspecified atom stereocenters. The maximum absolute atomic E-state index is 12.9. The monoisotopic (exact) mass is 419 g/mol. The van der Waals surface area contributed by atoms with Crippen LogP contribution in [0.2, 0.25) is 5.02 Å². The summed E-state index contributed by atoms with van der Waals surface area (Å²) in [5.41, 5.74) is 5.18. The van der Waals surface area contributed by atoms with Crippen LogP contribution >= 0.6 is 23.4 Å². The van der Waals surface area contributed by atoms with E-state index in [9.17, 15) is 14.4 Å². The number of Topliss-reactive ketones (excluding diaryl/α,β-unsaturated/α-hetero) is 1. The smallest absolute Gasteiger partial charge is 0.332 e. The Bertz CT molecular complexity index is 1180. The fourth-order valence-corrected chi connectivity index (χ4v) is 3.83. The molecule has 0 aliphatic heterocycles. The van der Waals surface area contributed by atoms with Crippen molar-refractivity contribution in [1.82, 2.24) is 18.7 Å². The van der Waals surface area contributed by atoms with Crippen LogP contribution in [0.3, 0.4) is 0 Å². The lowest BCUT2D eigenvalue weighted by Crippen LogP contribution is -2.42. The molecule has 2 N–H and O–H groups in total. The Balaban J connectivity index is 1.95. The van der Waals surface area contributed by atoms with Crippen molar-refractivity contribution in [3.05, 3.63) is 68.1 Å². The van der Waals surface area contributed by atoms with Gasteiger partial charge in [0.15, 0.2) is 10.9 Å². The summed E-state index contributed by atoms with van der Waals surface area (Å²) >= 11 is 7.24.